The number of nitrogens with two attached hydrogens (primary N) is 1. The van der Waals surface area contributed by atoms with Gasteiger partial charge in [-0.3, -0.25) is 14.1 Å². The Morgan fingerprint density at radius 2 is 1.37 bits per heavy atom. The van der Waals surface area contributed by atoms with E-state index in [1.54, 1.807) is 82.3 Å². The smallest absolute Gasteiger partial charge is 0.408 e. The van der Waals surface area contributed by atoms with Gasteiger partial charge in [0.25, 0.3) is 4.93 Å². The third-order valence-corrected chi connectivity index (χ3v) is 7.71. The molecule has 0 aliphatic heterocycles. The molecule has 2 amide bonds. The van der Waals surface area contributed by atoms with Crippen molar-refractivity contribution in [3.63, 3.8) is 0 Å². The van der Waals surface area contributed by atoms with Crippen molar-refractivity contribution in [2.45, 2.75) is 76.6 Å². The largest absolute Gasteiger partial charge is 0.445 e. The highest BCUT2D eigenvalue weighted by Crippen LogP contribution is 2.26. The number of carbonyl (C=O) groups excluding carboxylic acids is 3. The number of benzene rings is 2. The normalized spacial score (nSPS) is 15.4. The van der Waals surface area contributed by atoms with Gasteiger partial charge in [-0.2, -0.15) is 8.42 Å². The minimum atomic E-state index is -5.41. The number of amides is 2. The van der Waals surface area contributed by atoms with Gasteiger partial charge in [0.1, 0.15) is 12.6 Å². The highest BCUT2D eigenvalue weighted by Gasteiger charge is 2.55. The maximum absolute atomic E-state index is 13.6. The van der Waals surface area contributed by atoms with Gasteiger partial charge in [0.05, 0.1) is 12.1 Å². The zero-order valence-electron chi connectivity index (χ0n) is 23.8. The van der Waals surface area contributed by atoms with Crippen LogP contribution in [0.2, 0.25) is 0 Å². The number of alkyl carbamates (subject to hydrolysis) is 1. The first-order chi connectivity index (χ1) is 19.1. The van der Waals surface area contributed by atoms with Crippen LogP contribution in [0, 0.1) is 11.8 Å². The zero-order valence-corrected chi connectivity index (χ0v) is 24.6. The Hall–Kier alpha value is -3.32. The highest BCUT2D eigenvalue weighted by molar-refractivity contribution is 7.88. The summed E-state index contributed by atoms with van der Waals surface area (Å²) in [5, 5.41) is 16.1. The summed E-state index contributed by atoms with van der Waals surface area (Å²) >= 11 is 0. The molecule has 0 bridgehead atoms. The Balaban J connectivity index is 2.34. The molecule has 2 aromatic rings. The monoisotopic (exact) mass is 591 g/mol. The molecule has 2 unspecified atom stereocenters. The summed E-state index contributed by atoms with van der Waals surface area (Å²) in [6.45, 7) is 6.83. The first-order valence-electron chi connectivity index (χ1n) is 13.5. The number of Topliss-reactive ketones (excluding diaryl/α,β-unsaturated/α-hetero) is 1. The summed E-state index contributed by atoms with van der Waals surface area (Å²) in [5.74, 6) is -2.64. The molecule has 2 rings (SSSR count). The molecule has 2 aromatic carbocycles. The number of hydrogen-bond acceptors (Lipinski definition) is 8. The van der Waals surface area contributed by atoms with E-state index in [4.69, 9.17) is 10.5 Å². The molecule has 4 atom stereocenters. The van der Waals surface area contributed by atoms with Crippen LogP contribution >= 0.6 is 0 Å². The first-order valence-corrected chi connectivity index (χ1v) is 14.9. The molecule has 0 fully saturated rings. The molecule has 226 valence electrons. The van der Waals surface area contributed by atoms with E-state index in [0.717, 1.165) is 5.56 Å². The van der Waals surface area contributed by atoms with Gasteiger partial charge in [0.2, 0.25) is 11.7 Å². The van der Waals surface area contributed by atoms with Crippen molar-refractivity contribution in [3.05, 3.63) is 71.8 Å². The van der Waals surface area contributed by atoms with Crippen LogP contribution in [0.3, 0.4) is 0 Å². The fraction of sp³-hybridized carbons (Fsp3) is 0.483. The van der Waals surface area contributed by atoms with Crippen molar-refractivity contribution in [2.75, 3.05) is 0 Å². The van der Waals surface area contributed by atoms with Crippen LogP contribution in [0.1, 0.15) is 51.7 Å². The maximum atomic E-state index is 13.6. The molecular weight excluding hydrogens is 550 g/mol. The summed E-state index contributed by atoms with van der Waals surface area (Å²) < 4.78 is 39.8. The van der Waals surface area contributed by atoms with E-state index in [0.29, 0.717) is 5.56 Å². The molecule has 0 aromatic heterocycles. The van der Waals surface area contributed by atoms with E-state index in [2.05, 4.69) is 10.6 Å². The average molecular weight is 592 g/mol. The second kappa shape index (κ2) is 15.1. The molecule has 0 saturated heterocycles. The summed E-state index contributed by atoms with van der Waals surface area (Å²) in [4.78, 5) is 36.4. The third-order valence-electron chi connectivity index (χ3n) is 6.42. The molecular formula is C29H41N3O8S. The topological polar surface area (TPSA) is 185 Å². The molecule has 0 heterocycles. The van der Waals surface area contributed by atoms with E-state index in [1.807, 2.05) is 6.07 Å². The molecule has 0 radical (unpaired) electrons. The second-order valence-electron chi connectivity index (χ2n) is 10.9. The van der Waals surface area contributed by atoms with Gasteiger partial charge in [0.15, 0.2) is 0 Å². The van der Waals surface area contributed by atoms with Gasteiger partial charge in [-0.1, -0.05) is 88.4 Å². The van der Waals surface area contributed by atoms with Crippen molar-refractivity contribution in [1.82, 2.24) is 10.6 Å². The molecule has 41 heavy (non-hydrogen) atoms. The number of rotatable bonds is 15. The van der Waals surface area contributed by atoms with E-state index in [1.165, 1.54) is 0 Å². The number of aliphatic hydroxyl groups is 1. The Labute approximate surface area is 241 Å². The predicted molar refractivity (Wildman–Crippen MR) is 154 cm³/mol. The van der Waals surface area contributed by atoms with Crippen molar-refractivity contribution in [1.29, 1.82) is 0 Å². The lowest BCUT2D eigenvalue weighted by atomic mass is 9.90. The highest BCUT2D eigenvalue weighted by atomic mass is 32.2. The summed E-state index contributed by atoms with van der Waals surface area (Å²) in [7, 11) is -5.41. The number of nitrogens with one attached hydrogen (secondary N) is 2. The lowest BCUT2D eigenvalue weighted by Gasteiger charge is -2.34. The van der Waals surface area contributed by atoms with Gasteiger partial charge in [-0.15, -0.1) is 0 Å². The van der Waals surface area contributed by atoms with E-state index in [-0.39, 0.29) is 37.7 Å². The van der Waals surface area contributed by atoms with Gasteiger partial charge in [0, 0.05) is 6.42 Å². The molecule has 11 nitrogen and oxygen atoms in total. The molecule has 12 heteroatoms. The maximum Gasteiger partial charge on any atom is 0.408 e. The lowest BCUT2D eigenvalue weighted by Crippen LogP contribution is -2.65. The van der Waals surface area contributed by atoms with Crippen LogP contribution in [-0.4, -0.2) is 58.9 Å². The van der Waals surface area contributed by atoms with Gasteiger partial charge < -0.3 is 26.2 Å². The fourth-order valence-corrected chi connectivity index (χ4v) is 5.24. The van der Waals surface area contributed by atoms with Crippen LogP contribution in [0.15, 0.2) is 60.7 Å². The quantitative estimate of drug-likeness (QED) is 0.194. The molecule has 0 saturated carbocycles. The van der Waals surface area contributed by atoms with Crippen molar-refractivity contribution < 1.29 is 37.2 Å². The standard InChI is InChI=1S/C29H41N3O8S/c1-19(2)15-23(26(33)29(36,41(37,38)39)25(30)16-20(3)4)31-27(34)24(17-21-11-7-5-8-12-21)32-28(35)40-18-22-13-9-6-10-14-22/h5-14,19-20,23-25,36H,15-18,30H2,1-4H3,(H,31,34)(H,32,35)(H,37,38,39)/t23-,24-,25?,29?/m0/s1. The summed E-state index contributed by atoms with van der Waals surface area (Å²) in [6.07, 6.45) is -1.04. The Kier molecular flexibility index (Phi) is 12.4. The van der Waals surface area contributed by atoms with Crippen LogP contribution < -0.4 is 16.4 Å². The molecule has 6 N–H and O–H groups in total. The van der Waals surface area contributed by atoms with E-state index in [9.17, 15) is 32.5 Å². The number of ketones is 1. The lowest BCUT2D eigenvalue weighted by molar-refractivity contribution is -0.138. The summed E-state index contributed by atoms with van der Waals surface area (Å²) in [6, 6.07) is 13.3. The van der Waals surface area contributed by atoms with Crippen molar-refractivity contribution >= 4 is 27.9 Å². The second-order valence-corrected chi connectivity index (χ2v) is 12.5. The Morgan fingerprint density at radius 3 is 1.85 bits per heavy atom. The van der Waals surface area contributed by atoms with Crippen molar-refractivity contribution in [2.24, 2.45) is 17.6 Å². The zero-order chi connectivity index (χ0) is 30.8. The Bertz CT molecular complexity index is 1260. The first kappa shape index (κ1) is 33.9. The van der Waals surface area contributed by atoms with Crippen LogP contribution in [0.25, 0.3) is 0 Å². The van der Waals surface area contributed by atoms with E-state index >= 15 is 0 Å². The molecule has 0 spiro atoms. The Morgan fingerprint density at radius 1 is 0.854 bits per heavy atom. The predicted octanol–water partition coefficient (Wildman–Crippen LogP) is 2.57. The van der Waals surface area contributed by atoms with Crippen LogP contribution in [0.5, 0.6) is 0 Å². The van der Waals surface area contributed by atoms with Crippen LogP contribution in [-0.2, 0) is 37.5 Å². The van der Waals surface area contributed by atoms with E-state index < -0.39 is 51.0 Å². The molecule has 0 aliphatic rings. The summed E-state index contributed by atoms with van der Waals surface area (Å²) in [5.41, 5.74) is 7.38. The van der Waals surface area contributed by atoms with Crippen molar-refractivity contribution in [3.8, 4) is 0 Å². The van der Waals surface area contributed by atoms with Gasteiger partial charge in [-0.05, 0) is 35.8 Å². The molecule has 0 aliphatic carbocycles. The minimum absolute atomic E-state index is 0.0190. The average Bonchev–Trinajstić information content (AvgIpc) is 2.90. The number of carbonyl (C=O) groups is 3. The minimum Gasteiger partial charge on any atom is -0.445 e. The SMILES string of the molecule is CC(C)CC(N)C(O)(C(=O)[C@H](CC(C)C)NC(=O)[C@H](Cc1ccccc1)NC(=O)OCc1ccccc1)S(=O)(=O)O. The van der Waals surface area contributed by atoms with Crippen LogP contribution in [0.4, 0.5) is 4.79 Å². The van der Waals surface area contributed by atoms with Gasteiger partial charge in [-0.25, -0.2) is 4.79 Å². The number of hydrogen-bond donors (Lipinski definition) is 5. The fourth-order valence-electron chi connectivity index (χ4n) is 4.36. The number of ether oxygens (including phenoxy) is 1. The van der Waals surface area contributed by atoms with Gasteiger partial charge >= 0.3 is 16.2 Å². The third kappa shape index (κ3) is 9.92.